The Kier molecular flexibility index (Phi) is 3.29. The van der Waals surface area contributed by atoms with Crippen molar-refractivity contribution in [3.05, 3.63) is 21.9 Å². The van der Waals surface area contributed by atoms with Gasteiger partial charge in [-0.05, 0) is 36.8 Å². The fraction of sp³-hybridized carbons (Fsp3) is 0.643. The predicted octanol–water partition coefficient (Wildman–Crippen LogP) is 3.23. The molecule has 1 fully saturated rings. The van der Waals surface area contributed by atoms with Gasteiger partial charge >= 0.3 is 0 Å². The SMILES string of the molecule is Cc1ccsc1C(C)(C)CNCC1(C#N)CC1. The summed E-state index contributed by atoms with van der Waals surface area (Å²) in [5.41, 5.74) is 1.49. The maximum atomic E-state index is 9.03. The number of hydrogen-bond donors (Lipinski definition) is 1. The van der Waals surface area contributed by atoms with Crippen molar-refractivity contribution < 1.29 is 0 Å². The molecule has 0 unspecified atom stereocenters. The fourth-order valence-electron chi connectivity index (χ4n) is 2.24. The Bertz CT molecular complexity index is 435. The van der Waals surface area contributed by atoms with Gasteiger partial charge < -0.3 is 5.32 Å². The van der Waals surface area contributed by atoms with Gasteiger partial charge in [0.15, 0.2) is 0 Å². The summed E-state index contributed by atoms with van der Waals surface area (Å²) in [6.07, 6.45) is 2.13. The van der Waals surface area contributed by atoms with Gasteiger partial charge in [0.25, 0.3) is 0 Å². The molecule has 1 aliphatic rings. The second-order valence-electron chi connectivity index (χ2n) is 5.81. The van der Waals surface area contributed by atoms with E-state index in [1.807, 2.05) is 11.3 Å². The van der Waals surface area contributed by atoms with Crippen LogP contribution in [0.25, 0.3) is 0 Å². The first kappa shape index (κ1) is 12.6. The fourth-order valence-corrected chi connectivity index (χ4v) is 3.29. The highest BCUT2D eigenvalue weighted by Gasteiger charge is 2.42. The molecule has 3 heteroatoms. The van der Waals surface area contributed by atoms with E-state index in [9.17, 15) is 0 Å². The van der Waals surface area contributed by atoms with E-state index in [1.165, 1.54) is 10.4 Å². The number of nitriles is 1. The van der Waals surface area contributed by atoms with E-state index in [1.54, 1.807) is 0 Å². The molecule has 1 heterocycles. The molecular weight excluding hydrogens is 228 g/mol. The van der Waals surface area contributed by atoms with Gasteiger partial charge in [0.05, 0.1) is 11.5 Å². The van der Waals surface area contributed by atoms with Crippen LogP contribution in [0.5, 0.6) is 0 Å². The van der Waals surface area contributed by atoms with Crippen LogP contribution in [0, 0.1) is 23.7 Å². The minimum absolute atomic E-state index is 0.0411. The Morgan fingerprint density at radius 3 is 2.71 bits per heavy atom. The van der Waals surface area contributed by atoms with Gasteiger partial charge in [-0.3, -0.25) is 0 Å². The molecule has 0 atom stereocenters. The highest BCUT2D eigenvalue weighted by atomic mass is 32.1. The summed E-state index contributed by atoms with van der Waals surface area (Å²) in [6.45, 7) is 8.50. The Hall–Kier alpha value is -0.850. The van der Waals surface area contributed by atoms with Crippen molar-refractivity contribution in [3.8, 4) is 6.07 Å². The first-order valence-electron chi connectivity index (χ1n) is 6.16. The van der Waals surface area contributed by atoms with Crippen molar-refractivity contribution in [3.63, 3.8) is 0 Å². The lowest BCUT2D eigenvalue weighted by Crippen LogP contribution is -2.35. The van der Waals surface area contributed by atoms with E-state index in [4.69, 9.17) is 5.26 Å². The Labute approximate surface area is 108 Å². The van der Waals surface area contributed by atoms with Crippen LogP contribution >= 0.6 is 11.3 Å². The molecule has 0 spiro atoms. The summed E-state index contributed by atoms with van der Waals surface area (Å²) >= 11 is 1.83. The van der Waals surface area contributed by atoms with E-state index in [2.05, 4.69) is 43.6 Å². The number of thiophene rings is 1. The lowest BCUT2D eigenvalue weighted by atomic mass is 9.89. The van der Waals surface area contributed by atoms with Crippen LogP contribution in [-0.2, 0) is 5.41 Å². The van der Waals surface area contributed by atoms with E-state index in [0.29, 0.717) is 0 Å². The molecule has 1 aromatic rings. The molecule has 92 valence electrons. The molecule has 0 aromatic carbocycles. The van der Waals surface area contributed by atoms with Crippen LogP contribution < -0.4 is 5.32 Å². The summed E-state index contributed by atoms with van der Waals surface area (Å²) in [5, 5.41) is 14.7. The maximum Gasteiger partial charge on any atom is 0.0703 e. The molecule has 0 radical (unpaired) electrons. The van der Waals surface area contributed by atoms with Crippen LogP contribution in [0.15, 0.2) is 11.4 Å². The zero-order valence-electron chi connectivity index (χ0n) is 10.8. The van der Waals surface area contributed by atoms with Crippen molar-refractivity contribution in [2.45, 2.75) is 39.0 Å². The predicted molar refractivity (Wildman–Crippen MR) is 72.2 cm³/mol. The largest absolute Gasteiger partial charge is 0.314 e. The van der Waals surface area contributed by atoms with Gasteiger partial charge in [0, 0.05) is 23.4 Å². The third-order valence-electron chi connectivity index (χ3n) is 3.60. The first-order chi connectivity index (χ1) is 7.99. The third kappa shape index (κ3) is 2.70. The van der Waals surface area contributed by atoms with Gasteiger partial charge in [-0.2, -0.15) is 5.26 Å². The smallest absolute Gasteiger partial charge is 0.0703 e. The second-order valence-corrected chi connectivity index (χ2v) is 6.73. The zero-order valence-corrected chi connectivity index (χ0v) is 11.7. The van der Waals surface area contributed by atoms with Gasteiger partial charge in [0.2, 0.25) is 0 Å². The molecule has 0 saturated heterocycles. The van der Waals surface area contributed by atoms with Gasteiger partial charge in [-0.25, -0.2) is 0 Å². The van der Waals surface area contributed by atoms with Gasteiger partial charge in [-0.1, -0.05) is 13.8 Å². The number of nitrogens with zero attached hydrogens (tertiary/aromatic N) is 1. The highest BCUT2D eigenvalue weighted by molar-refractivity contribution is 7.10. The zero-order chi connectivity index (χ0) is 12.5. The van der Waals surface area contributed by atoms with Crippen molar-refractivity contribution in [1.29, 1.82) is 5.26 Å². The summed E-state index contributed by atoms with van der Waals surface area (Å²) < 4.78 is 0. The molecule has 1 N–H and O–H groups in total. The third-order valence-corrected chi connectivity index (χ3v) is 4.98. The molecule has 0 amide bonds. The average molecular weight is 248 g/mol. The normalized spacial score (nSPS) is 17.8. The lowest BCUT2D eigenvalue weighted by molar-refractivity contribution is 0.448. The maximum absolute atomic E-state index is 9.03. The van der Waals surface area contributed by atoms with Crippen molar-refractivity contribution >= 4 is 11.3 Å². The Morgan fingerprint density at radius 2 is 2.24 bits per heavy atom. The van der Waals surface area contributed by atoms with Crippen molar-refractivity contribution in [2.24, 2.45) is 5.41 Å². The summed E-state index contributed by atoms with van der Waals surface area (Å²) in [6, 6.07) is 4.60. The Balaban J connectivity index is 1.90. The molecule has 17 heavy (non-hydrogen) atoms. The van der Waals surface area contributed by atoms with Gasteiger partial charge in [0.1, 0.15) is 0 Å². The van der Waals surface area contributed by atoms with Crippen LogP contribution in [0.1, 0.15) is 37.1 Å². The van der Waals surface area contributed by atoms with Gasteiger partial charge in [-0.15, -0.1) is 11.3 Å². The van der Waals surface area contributed by atoms with Crippen LogP contribution in [0.4, 0.5) is 0 Å². The standard InChI is InChI=1S/C14H20N2S/c1-11-4-7-17-12(11)13(2,3)9-16-10-14(8-15)5-6-14/h4,7,16H,5-6,9-10H2,1-3H3. The monoisotopic (exact) mass is 248 g/mol. The van der Waals surface area contributed by atoms with Crippen LogP contribution in [0.3, 0.4) is 0 Å². The van der Waals surface area contributed by atoms with E-state index in [0.717, 1.165) is 25.9 Å². The van der Waals surface area contributed by atoms with Crippen LogP contribution in [0.2, 0.25) is 0 Å². The topological polar surface area (TPSA) is 35.8 Å². The molecule has 0 bridgehead atoms. The van der Waals surface area contributed by atoms with E-state index >= 15 is 0 Å². The molecule has 2 rings (SSSR count). The number of rotatable bonds is 5. The summed E-state index contributed by atoms with van der Waals surface area (Å²) in [4.78, 5) is 1.45. The quantitative estimate of drug-likeness (QED) is 0.868. The average Bonchev–Trinajstić information content (AvgIpc) is 2.92. The lowest BCUT2D eigenvalue weighted by Gasteiger charge is -2.25. The molecule has 1 aliphatic carbocycles. The van der Waals surface area contributed by atoms with E-state index in [-0.39, 0.29) is 10.8 Å². The van der Waals surface area contributed by atoms with Crippen LogP contribution in [-0.4, -0.2) is 13.1 Å². The summed E-state index contributed by atoms with van der Waals surface area (Å²) in [7, 11) is 0. The molecule has 1 aromatic heterocycles. The van der Waals surface area contributed by atoms with E-state index < -0.39 is 0 Å². The first-order valence-corrected chi connectivity index (χ1v) is 7.04. The molecule has 0 aliphatic heterocycles. The minimum atomic E-state index is -0.0411. The highest BCUT2D eigenvalue weighted by Crippen LogP contribution is 2.44. The molecule has 2 nitrogen and oxygen atoms in total. The number of hydrogen-bond acceptors (Lipinski definition) is 3. The molecular formula is C14H20N2S. The van der Waals surface area contributed by atoms with Crippen molar-refractivity contribution in [2.75, 3.05) is 13.1 Å². The minimum Gasteiger partial charge on any atom is -0.314 e. The number of nitrogens with one attached hydrogen (secondary N) is 1. The van der Waals surface area contributed by atoms with Crippen molar-refractivity contribution in [1.82, 2.24) is 5.32 Å². The number of aryl methyl sites for hydroxylation is 1. The second kappa shape index (κ2) is 4.44. The molecule has 1 saturated carbocycles. The summed E-state index contributed by atoms with van der Waals surface area (Å²) in [5.74, 6) is 0. The Morgan fingerprint density at radius 1 is 1.53 bits per heavy atom.